The summed E-state index contributed by atoms with van der Waals surface area (Å²) in [5, 5.41) is 33.3. The number of hydrogen-bond acceptors (Lipinski definition) is 5. The topological polar surface area (TPSA) is 152 Å². The molecule has 1 unspecified atom stereocenters. The normalized spacial score (nSPS) is 10.1. The van der Waals surface area contributed by atoms with E-state index in [1.807, 2.05) is 6.92 Å². The van der Waals surface area contributed by atoms with Crippen LogP contribution in [0.25, 0.3) is 0 Å². The van der Waals surface area contributed by atoms with E-state index < -0.39 is 43.3 Å². The minimum Gasteiger partial charge on any atom is -0.503 e. The summed E-state index contributed by atoms with van der Waals surface area (Å²) in [4.78, 5) is 42.5. The van der Waals surface area contributed by atoms with Crippen LogP contribution in [0.5, 0.6) is 0 Å². The number of aliphatic hydroxyl groups excluding tert-OH is 1. The molecule has 0 saturated heterocycles. The average Bonchev–Trinajstić information content (AvgIpc) is 2.34. The van der Waals surface area contributed by atoms with E-state index in [1.165, 1.54) is 0 Å². The number of carboxylic acid groups (broad SMARTS) is 3. The Morgan fingerprint density at radius 2 is 1.45 bits per heavy atom. The standard InChI is InChI=1S/C8H10NO7.C4H9O.Ac/c10-5(1-2-6(11)12)9(3-7(13)14)4-8(15)16;1-3-4(2)5;/h2H,1,3-4H2,(H,11,12)(H,13,14)(H,15,16);4-5H,2-3H2,1H3;/q2*-1;. The van der Waals surface area contributed by atoms with Gasteiger partial charge in [0.05, 0.1) is 0 Å². The first kappa shape index (κ1) is 26.1. The van der Waals surface area contributed by atoms with E-state index in [2.05, 4.69) is 6.92 Å². The van der Waals surface area contributed by atoms with E-state index in [9.17, 15) is 19.2 Å². The van der Waals surface area contributed by atoms with E-state index in [0.29, 0.717) is 11.3 Å². The van der Waals surface area contributed by atoms with Crippen molar-refractivity contribution in [2.75, 3.05) is 13.1 Å². The van der Waals surface area contributed by atoms with Crippen molar-refractivity contribution in [1.82, 2.24) is 4.90 Å². The summed E-state index contributed by atoms with van der Waals surface area (Å²) in [7, 11) is 0. The molecule has 0 bridgehead atoms. The van der Waals surface area contributed by atoms with Crippen molar-refractivity contribution in [3.05, 3.63) is 13.3 Å². The number of nitrogens with zero attached hydrogens (tertiary/aromatic N) is 1. The molecule has 125 valence electrons. The van der Waals surface area contributed by atoms with Gasteiger partial charge in [0.25, 0.3) is 0 Å². The summed E-state index contributed by atoms with van der Waals surface area (Å²) in [6.45, 7) is 3.64. The van der Waals surface area contributed by atoms with Crippen molar-refractivity contribution in [3.63, 3.8) is 0 Å². The van der Waals surface area contributed by atoms with E-state index in [1.54, 1.807) is 0 Å². The molecular formula is C12H19AcNO8-2. The third-order valence-electron chi connectivity index (χ3n) is 1.93. The molecular weight excluding hydrogens is 513 g/mol. The molecule has 10 heteroatoms. The van der Waals surface area contributed by atoms with Crippen LogP contribution >= 0.6 is 0 Å². The van der Waals surface area contributed by atoms with Gasteiger partial charge in [-0.15, -0.1) is 0 Å². The number of amides is 1. The molecule has 0 aromatic heterocycles. The molecule has 0 rings (SSSR count). The Hall–Kier alpha value is -0.848. The fraction of sp³-hybridized carbons (Fsp3) is 0.500. The van der Waals surface area contributed by atoms with Gasteiger partial charge in [0.2, 0.25) is 0 Å². The van der Waals surface area contributed by atoms with E-state index in [-0.39, 0.29) is 50.2 Å². The second-order valence-electron chi connectivity index (χ2n) is 3.85. The van der Waals surface area contributed by atoms with Crippen molar-refractivity contribution in [1.29, 1.82) is 0 Å². The molecule has 4 N–H and O–H groups in total. The zero-order chi connectivity index (χ0) is 17.0. The summed E-state index contributed by atoms with van der Waals surface area (Å²) < 4.78 is 0. The molecule has 0 aliphatic carbocycles. The number of carboxylic acids is 3. The number of carbonyl (C=O) groups excluding carboxylic acids is 1. The van der Waals surface area contributed by atoms with Crippen LogP contribution in [-0.4, -0.2) is 68.3 Å². The van der Waals surface area contributed by atoms with Gasteiger partial charge in [0, 0.05) is 44.1 Å². The van der Waals surface area contributed by atoms with Gasteiger partial charge in [-0.3, -0.25) is 25.6 Å². The van der Waals surface area contributed by atoms with Crippen LogP contribution in [0.1, 0.15) is 19.8 Å². The minimum atomic E-state index is -1.37. The molecule has 1 amide bonds. The van der Waals surface area contributed by atoms with Crippen LogP contribution < -0.4 is 0 Å². The van der Waals surface area contributed by atoms with Crippen LogP contribution in [0.3, 0.4) is 0 Å². The SMILES string of the molecule is O=C(O)[CH-]CC(=O)N(CC(=O)O)CC(=O)O.[Ac].[CH2-]C(O)CC. The van der Waals surface area contributed by atoms with Crippen LogP contribution in [0.15, 0.2) is 0 Å². The van der Waals surface area contributed by atoms with E-state index in [4.69, 9.17) is 20.4 Å². The Morgan fingerprint density at radius 1 is 1.09 bits per heavy atom. The fourth-order valence-corrected chi connectivity index (χ4v) is 0.863. The van der Waals surface area contributed by atoms with Crippen LogP contribution in [0.2, 0.25) is 0 Å². The van der Waals surface area contributed by atoms with Gasteiger partial charge in [-0.25, -0.2) is 0 Å². The van der Waals surface area contributed by atoms with Crippen molar-refractivity contribution in [2.24, 2.45) is 0 Å². The number of rotatable bonds is 8. The Kier molecular flexibility index (Phi) is 17.8. The molecule has 0 aromatic rings. The maximum Gasteiger partial charge on any atom is 0.323 e. The summed E-state index contributed by atoms with van der Waals surface area (Å²) in [6.07, 6.45) is 0.463. The quantitative estimate of drug-likeness (QED) is 0.298. The summed E-state index contributed by atoms with van der Waals surface area (Å²) >= 11 is 0. The average molecular weight is 532 g/mol. The van der Waals surface area contributed by atoms with Gasteiger partial charge in [-0.1, -0.05) is 25.9 Å². The molecule has 0 aliphatic heterocycles. The number of hydrogen-bond donors (Lipinski definition) is 4. The molecule has 1 atom stereocenters. The van der Waals surface area contributed by atoms with Crippen LogP contribution in [-0.2, 0) is 19.2 Å². The van der Waals surface area contributed by atoms with E-state index >= 15 is 0 Å². The van der Waals surface area contributed by atoms with Gasteiger partial charge in [-0.2, -0.15) is 0 Å². The molecule has 0 fully saturated rings. The van der Waals surface area contributed by atoms with Crippen molar-refractivity contribution in [2.45, 2.75) is 25.9 Å². The van der Waals surface area contributed by atoms with E-state index in [0.717, 1.165) is 6.42 Å². The Labute approximate surface area is 163 Å². The third-order valence-corrected chi connectivity index (χ3v) is 1.93. The Morgan fingerprint density at radius 3 is 1.68 bits per heavy atom. The summed E-state index contributed by atoms with van der Waals surface area (Å²) in [5.41, 5.74) is 0. The first-order valence-corrected chi connectivity index (χ1v) is 5.88. The fourth-order valence-electron chi connectivity index (χ4n) is 0.863. The van der Waals surface area contributed by atoms with Gasteiger partial charge >= 0.3 is 11.9 Å². The van der Waals surface area contributed by atoms with Crippen LogP contribution in [0.4, 0.5) is 0 Å². The molecule has 9 nitrogen and oxygen atoms in total. The maximum absolute atomic E-state index is 11.2. The van der Waals surface area contributed by atoms with Crippen molar-refractivity contribution >= 4 is 23.8 Å². The predicted molar refractivity (Wildman–Crippen MR) is 70.1 cm³/mol. The molecule has 0 aromatic carbocycles. The molecule has 0 heterocycles. The molecule has 1 radical (unpaired) electrons. The number of carbonyl (C=O) groups is 4. The minimum absolute atomic E-state index is 0. The largest absolute Gasteiger partial charge is 0.503 e. The summed E-state index contributed by atoms with van der Waals surface area (Å²) in [6, 6.07) is 0. The first-order chi connectivity index (χ1) is 9.59. The zero-order valence-electron chi connectivity index (χ0n) is 12.1. The van der Waals surface area contributed by atoms with Crippen molar-refractivity contribution < 1.29 is 83.7 Å². The second-order valence-corrected chi connectivity index (χ2v) is 3.85. The van der Waals surface area contributed by atoms with Crippen LogP contribution in [0, 0.1) is 57.4 Å². The van der Waals surface area contributed by atoms with Gasteiger partial charge in [0.15, 0.2) is 11.9 Å². The van der Waals surface area contributed by atoms with Gasteiger partial charge in [0.1, 0.15) is 13.1 Å². The molecule has 22 heavy (non-hydrogen) atoms. The van der Waals surface area contributed by atoms with Gasteiger partial charge < -0.3 is 32.2 Å². The first-order valence-electron chi connectivity index (χ1n) is 5.88. The molecule has 0 saturated carbocycles. The predicted octanol–water partition coefficient (Wildman–Crippen LogP) is -0.745. The Bertz CT molecular complexity index is 356. The number of aliphatic hydroxyl groups is 1. The van der Waals surface area contributed by atoms with Crippen molar-refractivity contribution in [3.8, 4) is 0 Å². The molecule has 0 spiro atoms. The second kappa shape index (κ2) is 15.1. The monoisotopic (exact) mass is 532 g/mol. The smallest absolute Gasteiger partial charge is 0.323 e. The maximum atomic E-state index is 11.2. The number of aliphatic carboxylic acids is 3. The molecule has 0 aliphatic rings. The Balaban J connectivity index is -0.000000520. The summed E-state index contributed by atoms with van der Waals surface area (Å²) in [5.74, 6) is -4.94. The third kappa shape index (κ3) is 19.2. The zero-order valence-corrected chi connectivity index (χ0v) is 16.9. The van der Waals surface area contributed by atoms with Gasteiger partial charge in [-0.05, 0) is 0 Å².